The van der Waals surface area contributed by atoms with Gasteiger partial charge in [-0.15, -0.1) is 0 Å². The molecule has 0 fully saturated rings. The average Bonchev–Trinajstić information content (AvgIpc) is 2.22. The Morgan fingerprint density at radius 2 is 2.07 bits per heavy atom. The first-order valence-corrected chi connectivity index (χ1v) is 6.11. The maximum absolute atomic E-state index is 11.4. The molecule has 0 bridgehead atoms. The first-order valence-electron chi connectivity index (χ1n) is 4.95. The second-order valence-electron chi connectivity index (χ2n) is 3.12. The van der Waals surface area contributed by atoms with E-state index in [0.29, 0.717) is 12.1 Å². The van der Waals surface area contributed by atoms with Gasteiger partial charge in [-0.1, -0.05) is 6.92 Å². The van der Waals surface area contributed by atoms with Crippen LogP contribution in [0.3, 0.4) is 0 Å². The smallest absolute Gasteiger partial charge is 0.225 e. The number of hydrogen-bond donors (Lipinski definition) is 2. The zero-order valence-corrected chi connectivity index (χ0v) is 9.64. The lowest BCUT2D eigenvalue weighted by Gasteiger charge is -2.04. The van der Waals surface area contributed by atoms with Gasteiger partial charge in [-0.25, -0.2) is 0 Å². The number of amides is 1. The third-order valence-electron chi connectivity index (χ3n) is 1.87. The molecule has 0 saturated heterocycles. The monoisotopic (exact) mass is 224 g/mol. The van der Waals surface area contributed by atoms with Gasteiger partial charge in [-0.3, -0.25) is 4.79 Å². The third kappa shape index (κ3) is 4.74. The number of nitrogens with two attached hydrogens (primary N) is 1. The van der Waals surface area contributed by atoms with Crippen molar-refractivity contribution in [2.24, 2.45) is 0 Å². The van der Waals surface area contributed by atoms with Crippen LogP contribution in [0.4, 0.5) is 11.4 Å². The summed E-state index contributed by atoms with van der Waals surface area (Å²) in [5.41, 5.74) is 7.04. The normalized spacial score (nSPS) is 9.93. The Kier molecular flexibility index (Phi) is 5.04. The quantitative estimate of drug-likeness (QED) is 0.596. The SMILES string of the molecule is CCSCCC(=O)Nc1ccc(N)cc1. The number of carbonyl (C=O) groups is 1. The zero-order chi connectivity index (χ0) is 11.1. The predicted molar refractivity (Wildman–Crippen MR) is 67.1 cm³/mol. The Labute approximate surface area is 94.4 Å². The molecule has 0 aliphatic heterocycles. The standard InChI is InChI=1S/C11H16N2OS/c1-2-15-8-7-11(14)13-10-5-3-9(12)4-6-10/h3-6H,2,7-8,12H2,1H3,(H,13,14). The van der Waals surface area contributed by atoms with E-state index < -0.39 is 0 Å². The van der Waals surface area contributed by atoms with Crippen molar-refractivity contribution in [2.75, 3.05) is 22.6 Å². The van der Waals surface area contributed by atoms with Gasteiger partial charge in [0.05, 0.1) is 0 Å². The molecule has 1 rings (SSSR count). The van der Waals surface area contributed by atoms with Crippen molar-refractivity contribution >= 4 is 29.0 Å². The largest absolute Gasteiger partial charge is 0.399 e. The molecule has 0 radical (unpaired) electrons. The van der Waals surface area contributed by atoms with Crippen molar-refractivity contribution in [1.29, 1.82) is 0 Å². The van der Waals surface area contributed by atoms with Crippen molar-refractivity contribution < 1.29 is 4.79 Å². The summed E-state index contributed by atoms with van der Waals surface area (Å²) in [4.78, 5) is 11.4. The minimum Gasteiger partial charge on any atom is -0.399 e. The van der Waals surface area contributed by atoms with Gasteiger partial charge in [0, 0.05) is 23.5 Å². The van der Waals surface area contributed by atoms with E-state index in [2.05, 4.69) is 12.2 Å². The molecule has 3 N–H and O–H groups in total. The molecule has 0 aliphatic carbocycles. The second kappa shape index (κ2) is 6.35. The molecule has 0 spiro atoms. The first kappa shape index (κ1) is 11.9. The van der Waals surface area contributed by atoms with Crippen molar-refractivity contribution in [3.05, 3.63) is 24.3 Å². The minimum absolute atomic E-state index is 0.0562. The van der Waals surface area contributed by atoms with Crippen LogP contribution in [0, 0.1) is 0 Å². The fourth-order valence-corrected chi connectivity index (χ4v) is 1.72. The first-order chi connectivity index (χ1) is 7.22. The molecule has 4 heteroatoms. The Bertz CT molecular complexity index is 311. The second-order valence-corrected chi connectivity index (χ2v) is 4.51. The van der Waals surface area contributed by atoms with Crippen molar-refractivity contribution in [2.45, 2.75) is 13.3 Å². The summed E-state index contributed by atoms with van der Waals surface area (Å²) in [7, 11) is 0. The highest BCUT2D eigenvalue weighted by Gasteiger charge is 2.01. The van der Waals surface area contributed by atoms with Crippen LogP contribution in [0.15, 0.2) is 24.3 Å². The summed E-state index contributed by atoms with van der Waals surface area (Å²) in [5, 5.41) is 2.82. The maximum Gasteiger partial charge on any atom is 0.225 e. The molecule has 1 amide bonds. The van der Waals surface area contributed by atoms with Gasteiger partial charge in [0.2, 0.25) is 5.91 Å². The maximum atomic E-state index is 11.4. The Balaban J connectivity index is 2.34. The molecule has 0 heterocycles. The molecule has 0 saturated carbocycles. The Morgan fingerprint density at radius 3 is 2.67 bits per heavy atom. The highest BCUT2D eigenvalue weighted by Crippen LogP contribution is 2.11. The number of nitrogens with one attached hydrogen (secondary N) is 1. The summed E-state index contributed by atoms with van der Waals surface area (Å²) in [5.74, 6) is 1.98. The summed E-state index contributed by atoms with van der Waals surface area (Å²) < 4.78 is 0. The van der Waals surface area contributed by atoms with Crippen LogP contribution in [-0.2, 0) is 4.79 Å². The number of benzene rings is 1. The minimum atomic E-state index is 0.0562. The van der Waals surface area contributed by atoms with Crippen molar-refractivity contribution in [3.8, 4) is 0 Å². The third-order valence-corrected chi connectivity index (χ3v) is 2.77. The highest BCUT2D eigenvalue weighted by atomic mass is 32.2. The number of nitrogen functional groups attached to an aromatic ring is 1. The fourth-order valence-electron chi connectivity index (χ4n) is 1.10. The zero-order valence-electron chi connectivity index (χ0n) is 8.82. The lowest BCUT2D eigenvalue weighted by atomic mass is 10.3. The van der Waals surface area contributed by atoms with Gasteiger partial charge in [0.15, 0.2) is 0 Å². The Morgan fingerprint density at radius 1 is 1.40 bits per heavy atom. The summed E-state index contributed by atoms with van der Waals surface area (Å²) >= 11 is 1.77. The number of carbonyl (C=O) groups excluding carboxylic acids is 1. The molecule has 82 valence electrons. The van der Waals surface area contributed by atoms with Crippen LogP contribution in [0.2, 0.25) is 0 Å². The number of thioether (sulfide) groups is 1. The van der Waals surface area contributed by atoms with Gasteiger partial charge < -0.3 is 11.1 Å². The summed E-state index contributed by atoms with van der Waals surface area (Å²) in [6, 6.07) is 7.16. The molecule has 1 aromatic carbocycles. The van der Waals surface area contributed by atoms with E-state index in [1.54, 1.807) is 36.0 Å². The van der Waals surface area contributed by atoms with E-state index >= 15 is 0 Å². The van der Waals surface area contributed by atoms with Gasteiger partial charge in [0.1, 0.15) is 0 Å². The molecule has 15 heavy (non-hydrogen) atoms. The topological polar surface area (TPSA) is 55.1 Å². The van der Waals surface area contributed by atoms with Crippen LogP contribution >= 0.6 is 11.8 Å². The average molecular weight is 224 g/mol. The summed E-state index contributed by atoms with van der Waals surface area (Å²) in [6.45, 7) is 2.09. The van der Waals surface area contributed by atoms with Crippen LogP contribution in [0.5, 0.6) is 0 Å². The number of rotatable bonds is 5. The van der Waals surface area contributed by atoms with Gasteiger partial charge >= 0.3 is 0 Å². The van der Waals surface area contributed by atoms with Gasteiger partial charge in [-0.2, -0.15) is 11.8 Å². The van der Waals surface area contributed by atoms with Crippen LogP contribution < -0.4 is 11.1 Å². The van der Waals surface area contributed by atoms with E-state index in [0.717, 1.165) is 17.2 Å². The number of anilines is 2. The molecular formula is C11H16N2OS. The number of hydrogen-bond acceptors (Lipinski definition) is 3. The molecule has 3 nitrogen and oxygen atoms in total. The van der Waals surface area contributed by atoms with Crippen LogP contribution in [0.25, 0.3) is 0 Å². The van der Waals surface area contributed by atoms with E-state index in [-0.39, 0.29) is 5.91 Å². The lowest BCUT2D eigenvalue weighted by molar-refractivity contribution is -0.115. The molecule has 0 aliphatic rings. The summed E-state index contributed by atoms with van der Waals surface area (Å²) in [6.07, 6.45) is 0.558. The van der Waals surface area contributed by atoms with Crippen LogP contribution in [0.1, 0.15) is 13.3 Å². The van der Waals surface area contributed by atoms with Crippen molar-refractivity contribution in [3.63, 3.8) is 0 Å². The molecular weight excluding hydrogens is 208 g/mol. The van der Waals surface area contributed by atoms with E-state index in [9.17, 15) is 4.79 Å². The van der Waals surface area contributed by atoms with Crippen LogP contribution in [-0.4, -0.2) is 17.4 Å². The molecule has 1 aromatic rings. The van der Waals surface area contributed by atoms with Gasteiger partial charge in [0.25, 0.3) is 0 Å². The fraction of sp³-hybridized carbons (Fsp3) is 0.364. The highest BCUT2D eigenvalue weighted by molar-refractivity contribution is 7.99. The lowest BCUT2D eigenvalue weighted by Crippen LogP contribution is -2.12. The molecule has 0 aromatic heterocycles. The van der Waals surface area contributed by atoms with E-state index in [1.807, 2.05) is 0 Å². The van der Waals surface area contributed by atoms with Crippen molar-refractivity contribution in [1.82, 2.24) is 0 Å². The Hall–Kier alpha value is -1.16. The molecule has 0 unspecified atom stereocenters. The van der Waals surface area contributed by atoms with E-state index in [4.69, 9.17) is 5.73 Å². The van der Waals surface area contributed by atoms with Gasteiger partial charge in [-0.05, 0) is 30.0 Å². The van der Waals surface area contributed by atoms with E-state index in [1.165, 1.54) is 0 Å². The predicted octanol–water partition coefficient (Wildman–Crippen LogP) is 2.35. The molecule has 0 atom stereocenters.